The van der Waals surface area contributed by atoms with Gasteiger partial charge in [0.15, 0.2) is 23.0 Å². The molecule has 134 valence electrons. The number of methoxy groups -OCH3 is 1. The minimum atomic E-state index is -0.347. The maximum Gasteiger partial charge on any atom is 0.160 e. The van der Waals surface area contributed by atoms with Crippen LogP contribution in [0, 0.1) is 11.8 Å². The monoisotopic (exact) mass is 346 g/mol. The van der Waals surface area contributed by atoms with Crippen molar-refractivity contribution in [1.29, 1.82) is 0 Å². The molecule has 25 heavy (non-hydrogen) atoms. The van der Waals surface area contributed by atoms with Gasteiger partial charge in [0.2, 0.25) is 0 Å². The molecule has 1 heterocycles. The van der Waals surface area contributed by atoms with Crippen molar-refractivity contribution < 1.29 is 29.9 Å². The Hall–Kier alpha value is -2.44. The van der Waals surface area contributed by atoms with Crippen molar-refractivity contribution in [2.75, 3.05) is 20.3 Å². The highest BCUT2D eigenvalue weighted by Crippen LogP contribution is 2.42. The number of phenols is 3. The molecule has 1 aliphatic rings. The lowest BCUT2D eigenvalue weighted by Gasteiger charge is -2.21. The Labute approximate surface area is 145 Å². The van der Waals surface area contributed by atoms with Crippen LogP contribution in [-0.2, 0) is 11.2 Å². The highest BCUT2D eigenvalue weighted by molar-refractivity contribution is 5.43. The highest BCUT2D eigenvalue weighted by Gasteiger charge is 2.38. The number of hydrogen-bond donors (Lipinski definition) is 4. The number of phenolic OH excluding ortho intramolecular Hbond substituents is 3. The molecule has 3 atom stereocenters. The summed E-state index contributed by atoms with van der Waals surface area (Å²) in [7, 11) is 1.50. The lowest BCUT2D eigenvalue weighted by Crippen LogP contribution is -2.21. The van der Waals surface area contributed by atoms with Crippen LogP contribution in [0.3, 0.4) is 0 Å². The fraction of sp³-hybridized carbons (Fsp3) is 0.368. The summed E-state index contributed by atoms with van der Waals surface area (Å²) in [5, 5.41) is 38.7. The van der Waals surface area contributed by atoms with Crippen molar-refractivity contribution in [1.82, 2.24) is 0 Å². The van der Waals surface area contributed by atoms with E-state index in [1.54, 1.807) is 18.2 Å². The Morgan fingerprint density at radius 2 is 1.80 bits per heavy atom. The first-order valence-electron chi connectivity index (χ1n) is 8.13. The summed E-state index contributed by atoms with van der Waals surface area (Å²) in [6.45, 7) is 0.424. The smallest absolute Gasteiger partial charge is 0.160 e. The predicted octanol–water partition coefficient (Wildman–Crippen LogP) is 2.35. The van der Waals surface area contributed by atoms with Crippen molar-refractivity contribution in [2.45, 2.75) is 12.5 Å². The zero-order chi connectivity index (χ0) is 18.0. The van der Waals surface area contributed by atoms with Gasteiger partial charge < -0.3 is 29.9 Å². The van der Waals surface area contributed by atoms with Crippen LogP contribution >= 0.6 is 0 Å². The van der Waals surface area contributed by atoms with Gasteiger partial charge in [0.1, 0.15) is 0 Å². The van der Waals surface area contributed by atoms with Crippen molar-refractivity contribution >= 4 is 0 Å². The van der Waals surface area contributed by atoms with Gasteiger partial charge in [0.25, 0.3) is 0 Å². The second-order valence-corrected chi connectivity index (χ2v) is 6.32. The highest BCUT2D eigenvalue weighted by atomic mass is 16.5. The molecule has 4 N–H and O–H groups in total. The summed E-state index contributed by atoms with van der Waals surface area (Å²) >= 11 is 0. The number of aliphatic hydroxyl groups excluding tert-OH is 1. The van der Waals surface area contributed by atoms with Gasteiger partial charge in [-0.2, -0.15) is 0 Å². The van der Waals surface area contributed by atoms with E-state index >= 15 is 0 Å². The van der Waals surface area contributed by atoms with Crippen LogP contribution in [0.4, 0.5) is 0 Å². The first kappa shape index (κ1) is 17.4. The van der Waals surface area contributed by atoms with Crippen molar-refractivity contribution in [3.63, 3.8) is 0 Å². The molecule has 2 aromatic carbocycles. The Morgan fingerprint density at radius 3 is 2.48 bits per heavy atom. The van der Waals surface area contributed by atoms with E-state index in [1.807, 2.05) is 6.07 Å². The van der Waals surface area contributed by atoms with E-state index in [4.69, 9.17) is 9.47 Å². The number of ether oxygens (including phenoxy) is 2. The van der Waals surface area contributed by atoms with Crippen LogP contribution in [0.5, 0.6) is 23.0 Å². The predicted molar refractivity (Wildman–Crippen MR) is 90.9 cm³/mol. The van der Waals surface area contributed by atoms with Gasteiger partial charge in [0, 0.05) is 12.5 Å². The van der Waals surface area contributed by atoms with E-state index in [9.17, 15) is 20.4 Å². The van der Waals surface area contributed by atoms with Crippen LogP contribution in [-0.4, -0.2) is 40.7 Å². The maximum absolute atomic E-state index is 9.86. The molecular weight excluding hydrogens is 324 g/mol. The molecule has 6 nitrogen and oxygen atoms in total. The van der Waals surface area contributed by atoms with E-state index in [0.29, 0.717) is 18.8 Å². The van der Waals surface area contributed by atoms with E-state index < -0.39 is 0 Å². The molecule has 0 aliphatic carbocycles. The normalized spacial score (nSPS) is 22.9. The number of aliphatic hydroxyl groups is 1. The maximum atomic E-state index is 9.86. The molecule has 3 rings (SSSR count). The third-order valence-electron chi connectivity index (χ3n) is 4.77. The van der Waals surface area contributed by atoms with Gasteiger partial charge >= 0.3 is 0 Å². The van der Waals surface area contributed by atoms with E-state index in [0.717, 1.165) is 11.1 Å². The third-order valence-corrected chi connectivity index (χ3v) is 4.77. The Kier molecular flexibility index (Phi) is 5.01. The zero-order valence-corrected chi connectivity index (χ0v) is 13.9. The van der Waals surface area contributed by atoms with Crippen LogP contribution in [0.2, 0.25) is 0 Å². The minimum Gasteiger partial charge on any atom is -0.504 e. The molecular formula is C19H22O6. The molecule has 6 heteroatoms. The van der Waals surface area contributed by atoms with Crippen LogP contribution < -0.4 is 4.74 Å². The van der Waals surface area contributed by atoms with Crippen LogP contribution in [0.15, 0.2) is 36.4 Å². The summed E-state index contributed by atoms with van der Waals surface area (Å²) in [5.74, 6) is 0.0607. The largest absolute Gasteiger partial charge is 0.504 e. The van der Waals surface area contributed by atoms with Gasteiger partial charge in [0.05, 0.1) is 19.8 Å². The van der Waals surface area contributed by atoms with Crippen molar-refractivity contribution in [2.24, 2.45) is 11.8 Å². The lowest BCUT2D eigenvalue weighted by molar-refractivity contribution is 0.0717. The average Bonchev–Trinajstić information content (AvgIpc) is 3.01. The second kappa shape index (κ2) is 7.21. The molecule has 1 aliphatic heterocycles. The molecule has 1 fully saturated rings. The summed E-state index contributed by atoms with van der Waals surface area (Å²) in [6, 6.07) is 9.77. The first-order valence-corrected chi connectivity index (χ1v) is 8.13. The molecule has 2 aromatic rings. The fourth-order valence-electron chi connectivity index (χ4n) is 3.39. The quantitative estimate of drug-likeness (QED) is 0.620. The molecule has 0 aromatic heterocycles. The fourth-order valence-corrected chi connectivity index (χ4v) is 3.39. The lowest BCUT2D eigenvalue weighted by atomic mass is 9.84. The van der Waals surface area contributed by atoms with Gasteiger partial charge in [-0.3, -0.25) is 0 Å². The topological polar surface area (TPSA) is 99.4 Å². The van der Waals surface area contributed by atoms with Crippen molar-refractivity contribution in [3.8, 4) is 23.0 Å². The zero-order valence-electron chi connectivity index (χ0n) is 13.9. The first-order chi connectivity index (χ1) is 12.0. The number of rotatable bonds is 5. The second-order valence-electron chi connectivity index (χ2n) is 6.32. The summed E-state index contributed by atoms with van der Waals surface area (Å²) in [4.78, 5) is 0. The average molecular weight is 346 g/mol. The summed E-state index contributed by atoms with van der Waals surface area (Å²) < 4.78 is 11.0. The Balaban J connectivity index is 1.78. The SMILES string of the molecule is COc1cc(C[C@H]2CO[C@@H](c3ccc(O)c(O)c3)[C@@H]2CO)ccc1O. The van der Waals surface area contributed by atoms with E-state index in [2.05, 4.69) is 0 Å². The van der Waals surface area contributed by atoms with Gasteiger partial charge in [-0.15, -0.1) is 0 Å². The molecule has 0 saturated carbocycles. The molecule has 0 amide bonds. The number of aromatic hydroxyl groups is 3. The summed E-state index contributed by atoms with van der Waals surface area (Å²) in [6.07, 6.45) is 0.322. The molecule has 0 spiro atoms. The standard InChI is InChI=1S/C19H22O6/c1-24-18-7-11(2-4-16(18)22)6-13-10-25-19(14(13)9-20)12-3-5-15(21)17(23)8-12/h2-5,7-8,13-14,19-23H,6,9-10H2,1H3/t13-,14+,19-/m0/s1. The minimum absolute atomic E-state index is 0.0494. The van der Waals surface area contributed by atoms with Crippen molar-refractivity contribution in [3.05, 3.63) is 47.5 Å². The van der Waals surface area contributed by atoms with Crippen LogP contribution in [0.25, 0.3) is 0 Å². The molecule has 1 saturated heterocycles. The van der Waals surface area contributed by atoms with Gasteiger partial charge in [-0.05, 0) is 47.7 Å². The third kappa shape index (κ3) is 3.50. The van der Waals surface area contributed by atoms with E-state index in [-0.39, 0.29) is 41.8 Å². The summed E-state index contributed by atoms with van der Waals surface area (Å²) in [5.41, 5.74) is 1.70. The Bertz CT molecular complexity index is 745. The Morgan fingerprint density at radius 1 is 1.04 bits per heavy atom. The van der Waals surface area contributed by atoms with E-state index in [1.165, 1.54) is 19.2 Å². The number of benzene rings is 2. The molecule has 0 unspecified atom stereocenters. The van der Waals surface area contributed by atoms with Crippen LogP contribution in [0.1, 0.15) is 17.2 Å². The molecule has 0 bridgehead atoms. The number of hydrogen-bond acceptors (Lipinski definition) is 6. The van der Waals surface area contributed by atoms with Gasteiger partial charge in [-0.25, -0.2) is 0 Å². The van der Waals surface area contributed by atoms with Gasteiger partial charge in [-0.1, -0.05) is 12.1 Å². The molecule has 0 radical (unpaired) electrons.